The van der Waals surface area contributed by atoms with E-state index >= 15 is 0 Å². The van der Waals surface area contributed by atoms with Crippen LogP contribution in [0.1, 0.15) is 46.5 Å². The van der Waals surface area contributed by atoms with Crippen LogP contribution in [0, 0.1) is 0 Å². The molecule has 2 atom stereocenters. The van der Waals surface area contributed by atoms with Crippen molar-refractivity contribution in [3.63, 3.8) is 0 Å². The summed E-state index contributed by atoms with van der Waals surface area (Å²) in [5, 5.41) is 1.96. The van der Waals surface area contributed by atoms with Gasteiger partial charge in [0.2, 0.25) is 0 Å². The van der Waals surface area contributed by atoms with Gasteiger partial charge in [0.05, 0.1) is 11.7 Å². The molecular weight excluding hydrogens is 290 g/mol. The Hall–Kier alpha value is -1.34. The fraction of sp³-hybridized carbons (Fsp3) is 0.647. The van der Waals surface area contributed by atoms with Crippen LogP contribution in [0.3, 0.4) is 0 Å². The average molecular weight is 321 g/mol. The molecule has 1 aliphatic rings. The molecule has 0 spiro atoms. The predicted molar refractivity (Wildman–Crippen MR) is 97.3 cm³/mol. The number of hydrazine groups is 2. The summed E-state index contributed by atoms with van der Waals surface area (Å²) in [6.07, 6.45) is 13.9. The fourth-order valence-electron chi connectivity index (χ4n) is 2.41. The molecule has 23 heavy (non-hydrogen) atoms. The maximum Gasteiger partial charge on any atom is 0.125 e. The molecule has 2 unspecified atom stereocenters. The van der Waals surface area contributed by atoms with E-state index in [9.17, 15) is 0 Å². The van der Waals surface area contributed by atoms with Gasteiger partial charge in [-0.25, -0.2) is 5.43 Å². The van der Waals surface area contributed by atoms with Gasteiger partial charge in [-0.1, -0.05) is 19.1 Å². The van der Waals surface area contributed by atoms with Gasteiger partial charge < -0.3 is 4.74 Å². The molecule has 1 rings (SSSR count). The SMILES string of the molecule is CC=NCN(NNC1CCCC=C1N=C/C=C\C)C(CC)OC. The fourth-order valence-corrected chi connectivity index (χ4v) is 2.41. The van der Waals surface area contributed by atoms with Gasteiger partial charge in [0, 0.05) is 13.3 Å². The first kappa shape index (κ1) is 19.7. The third kappa shape index (κ3) is 7.18. The van der Waals surface area contributed by atoms with Crippen LogP contribution < -0.4 is 11.0 Å². The maximum absolute atomic E-state index is 5.50. The highest BCUT2D eigenvalue weighted by atomic mass is 16.5. The Balaban J connectivity index is 2.66. The topological polar surface area (TPSA) is 61.2 Å². The number of ether oxygens (including phenoxy) is 1. The zero-order chi connectivity index (χ0) is 16.9. The van der Waals surface area contributed by atoms with Crippen LogP contribution in [-0.4, -0.2) is 43.5 Å². The monoisotopic (exact) mass is 321 g/mol. The highest BCUT2D eigenvalue weighted by Gasteiger charge is 2.20. The predicted octanol–water partition coefficient (Wildman–Crippen LogP) is 2.81. The first-order valence-corrected chi connectivity index (χ1v) is 8.37. The normalized spacial score (nSPS) is 20.9. The first-order valence-electron chi connectivity index (χ1n) is 8.37. The van der Waals surface area contributed by atoms with Gasteiger partial charge in [0.1, 0.15) is 12.9 Å². The van der Waals surface area contributed by atoms with Crippen LogP contribution in [-0.2, 0) is 4.74 Å². The molecule has 0 radical (unpaired) electrons. The Labute approximate surface area is 140 Å². The standard InChI is InChI=1S/C17H31N5O/c1-5-8-13-19-15-11-9-10-12-16(15)20-21-22(14-18-7-3)17(6-2)23-4/h5,7-8,11,13,16-17,20-21H,6,9-10,12,14H2,1-4H3/b8-5-,18-7?,19-13?. The lowest BCUT2D eigenvalue weighted by atomic mass is 10.0. The van der Waals surface area contributed by atoms with Gasteiger partial charge in [-0.2, -0.15) is 10.5 Å². The number of hydrogen-bond acceptors (Lipinski definition) is 6. The molecule has 6 heteroatoms. The molecule has 0 aromatic rings. The van der Waals surface area contributed by atoms with Crippen LogP contribution >= 0.6 is 0 Å². The zero-order valence-corrected chi connectivity index (χ0v) is 14.8. The largest absolute Gasteiger partial charge is 0.365 e. The summed E-state index contributed by atoms with van der Waals surface area (Å²) in [4.78, 5) is 8.84. The van der Waals surface area contributed by atoms with Crippen molar-refractivity contribution in [1.29, 1.82) is 0 Å². The summed E-state index contributed by atoms with van der Waals surface area (Å²) in [5.74, 6) is 0. The number of nitrogens with zero attached hydrogens (tertiary/aromatic N) is 3. The van der Waals surface area contributed by atoms with E-state index in [-0.39, 0.29) is 12.3 Å². The van der Waals surface area contributed by atoms with E-state index in [2.05, 4.69) is 33.9 Å². The Kier molecular flexibility index (Phi) is 10.4. The van der Waals surface area contributed by atoms with E-state index in [1.807, 2.05) is 37.2 Å². The summed E-state index contributed by atoms with van der Waals surface area (Å²) < 4.78 is 5.50. The van der Waals surface area contributed by atoms with Crippen LogP contribution in [0.25, 0.3) is 0 Å². The second-order valence-electron chi connectivity index (χ2n) is 5.32. The molecule has 0 heterocycles. The van der Waals surface area contributed by atoms with Gasteiger partial charge in [-0.3, -0.25) is 9.98 Å². The lowest BCUT2D eigenvalue weighted by Gasteiger charge is -2.32. The molecule has 0 aliphatic heterocycles. The lowest BCUT2D eigenvalue weighted by Crippen LogP contribution is -2.56. The Bertz CT molecular complexity index is 427. The summed E-state index contributed by atoms with van der Waals surface area (Å²) >= 11 is 0. The first-order chi connectivity index (χ1) is 11.3. The molecular formula is C17H31N5O. The smallest absolute Gasteiger partial charge is 0.125 e. The molecule has 0 aromatic heterocycles. The van der Waals surface area contributed by atoms with Gasteiger partial charge in [-0.15, -0.1) is 0 Å². The van der Waals surface area contributed by atoms with Crippen LogP contribution in [0.2, 0.25) is 0 Å². The van der Waals surface area contributed by atoms with E-state index < -0.39 is 0 Å². The maximum atomic E-state index is 5.50. The van der Waals surface area contributed by atoms with Gasteiger partial charge in [-0.05, 0) is 51.8 Å². The molecule has 130 valence electrons. The molecule has 0 saturated carbocycles. The summed E-state index contributed by atoms with van der Waals surface area (Å²) in [6.45, 7) is 6.52. The van der Waals surface area contributed by atoms with Crippen LogP contribution in [0.4, 0.5) is 0 Å². The third-order valence-corrected chi connectivity index (χ3v) is 3.68. The van der Waals surface area contributed by atoms with E-state index in [0.717, 1.165) is 31.4 Å². The molecule has 0 fully saturated rings. The molecule has 2 N–H and O–H groups in total. The lowest BCUT2D eigenvalue weighted by molar-refractivity contribution is -0.0738. The second-order valence-corrected chi connectivity index (χ2v) is 5.32. The van der Waals surface area contributed by atoms with Crippen molar-refractivity contribution in [2.45, 2.75) is 58.7 Å². The molecule has 6 nitrogen and oxygen atoms in total. The Morgan fingerprint density at radius 3 is 2.96 bits per heavy atom. The Morgan fingerprint density at radius 2 is 2.30 bits per heavy atom. The van der Waals surface area contributed by atoms with Crippen molar-refractivity contribution >= 4 is 12.4 Å². The molecule has 1 aliphatic carbocycles. The number of rotatable bonds is 10. The van der Waals surface area contributed by atoms with E-state index in [1.54, 1.807) is 13.3 Å². The van der Waals surface area contributed by atoms with Crippen LogP contribution in [0.15, 0.2) is 33.9 Å². The number of hydrogen-bond donors (Lipinski definition) is 2. The highest BCUT2D eigenvalue weighted by molar-refractivity contribution is 5.72. The zero-order valence-electron chi connectivity index (χ0n) is 14.8. The molecule has 0 aromatic carbocycles. The molecule has 0 bridgehead atoms. The van der Waals surface area contributed by atoms with Gasteiger partial charge in [0.15, 0.2) is 0 Å². The minimum absolute atomic E-state index is 0.0336. The van der Waals surface area contributed by atoms with Crippen molar-refractivity contribution in [2.24, 2.45) is 9.98 Å². The van der Waals surface area contributed by atoms with E-state index in [1.165, 1.54) is 0 Å². The van der Waals surface area contributed by atoms with Gasteiger partial charge in [0.25, 0.3) is 0 Å². The van der Waals surface area contributed by atoms with E-state index in [0.29, 0.717) is 6.67 Å². The van der Waals surface area contributed by atoms with Gasteiger partial charge >= 0.3 is 0 Å². The number of aliphatic imine (C=N–C) groups is 2. The number of nitrogens with one attached hydrogen (secondary N) is 2. The minimum Gasteiger partial charge on any atom is -0.365 e. The summed E-state index contributed by atoms with van der Waals surface area (Å²) in [7, 11) is 1.71. The third-order valence-electron chi connectivity index (χ3n) is 3.68. The van der Waals surface area contributed by atoms with Crippen LogP contribution in [0.5, 0.6) is 0 Å². The van der Waals surface area contributed by atoms with Crippen molar-refractivity contribution in [3.05, 3.63) is 23.9 Å². The number of methoxy groups -OCH3 is 1. The van der Waals surface area contributed by atoms with Crippen molar-refractivity contribution < 1.29 is 4.74 Å². The van der Waals surface area contributed by atoms with E-state index in [4.69, 9.17) is 4.74 Å². The van der Waals surface area contributed by atoms with Crippen molar-refractivity contribution in [2.75, 3.05) is 13.8 Å². The summed E-state index contributed by atoms with van der Waals surface area (Å²) in [6, 6.07) is 0.188. The van der Waals surface area contributed by atoms with Crippen molar-refractivity contribution in [1.82, 2.24) is 16.0 Å². The minimum atomic E-state index is -0.0336. The quantitative estimate of drug-likeness (QED) is 0.369. The second kappa shape index (κ2) is 12.1. The highest BCUT2D eigenvalue weighted by Crippen LogP contribution is 2.19. The van der Waals surface area contributed by atoms with Crippen molar-refractivity contribution in [3.8, 4) is 0 Å². The number of allylic oxidation sites excluding steroid dienone is 3. The Morgan fingerprint density at radius 1 is 1.48 bits per heavy atom. The molecule has 0 saturated heterocycles. The summed E-state index contributed by atoms with van der Waals surface area (Å²) in [5.41, 5.74) is 7.71. The average Bonchev–Trinajstić information content (AvgIpc) is 2.59. The molecule has 0 amide bonds.